The zero-order valence-corrected chi connectivity index (χ0v) is 19.5. The maximum Gasteiger partial charge on any atom is 0.373 e. The fourth-order valence-corrected chi connectivity index (χ4v) is 3.02. The maximum atomic E-state index is 12.6. The molecule has 0 atom stereocenters. The Morgan fingerprint density at radius 2 is 1.80 bits per heavy atom. The van der Waals surface area contributed by atoms with Crippen molar-refractivity contribution in [2.75, 3.05) is 26.1 Å². The third-order valence-electron chi connectivity index (χ3n) is 4.71. The normalized spacial score (nSPS) is 10.7. The van der Waals surface area contributed by atoms with Gasteiger partial charge >= 0.3 is 5.97 Å². The predicted molar refractivity (Wildman–Crippen MR) is 127 cm³/mol. The van der Waals surface area contributed by atoms with Crippen LogP contribution in [0.25, 0.3) is 6.08 Å². The Kier molecular flexibility index (Phi) is 8.51. The number of methoxy groups -OCH3 is 2. The van der Waals surface area contributed by atoms with Gasteiger partial charge in [0.2, 0.25) is 5.76 Å². The second kappa shape index (κ2) is 12.0. The minimum absolute atomic E-state index is 0.0521. The topological polar surface area (TPSA) is 120 Å². The van der Waals surface area contributed by atoms with Crippen molar-refractivity contribution in [1.82, 2.24) is 0 Å². The van der Waals surface area contributed by atoms with Crippen LogP contribution in [0.15, 0.2) is 64.6 Å². The van der Waals surface area contributed by atoms with Crippen LogP contribution < -0.4 is 19.5 Å². The molecule has 9 nitrogen and oxygen atoms in total. The van der Waals surface area contributed by atoms with Crippen LogP contribution in [-0.4, -0.2) is 32.7 Å². The lowest BCUT2D eigenvalue weighted by Gasteiger charge is -2.11. The molecule has 180 valence electrons. The second-order valence-electron chi connectivity index (χ2n) is 7.04. The van der Waals surface area contributed by atoms with Crippen molar-refractivity contribution in [3.63, 3.8) is 0 Å². The zero-order chi connectivity index (χ0) is 25.2. The monoisotopic (exact) mass is 476 g/mol. The summed E-state index contributed by atoms with van der Waals surface area (Å²) in [5.74, 6) is 0.868. The van der Waals surface area contributed by atoms with Crippen molar-refractivity contribution >= 4 is 23.6 Å². The van der Waals surface area contributed by atoms with Gasteiger partial charge in [0.15, 0.2) is 11.5 Å². The Bertz CT molecular complexity index is 1250. The molecular weight excluding hydrogens is 452 g/mol. The van der Waals surface area contributed by atoms with E-state index in [0.717, 1.165) is 0 Å². The van der Waals surface area contributed by atoms with Crippen molar-refractivity contribution in [3.8, 4) is 23.3 Å². The molecule has 0 fully saturated rings. The standard InChI is InChI=1S/C26H24N2O7/c1-4-33-20-8-6-19(7-9-20)28-25(29)18(15-27)13-17-5-11-22(24(14-17)31-2)34-16-21-10-12-23(35-21)26(30)32-3/h5-14H,4,16H2,1-3H3,(H,28,29)/b18-13-. The van der Waals surface area contributed by atoms with Crippen molar-refractivity contribution in [2.24, 2.45) is 0 Å². The third kappa shape index (κ3) is 6.65. The highest BCUT2D eigenvalue weighted by Gasteiger charge is 2.14. The lowest BCUT2D eigenvalue weighted by molar-refractivity contribution is -0.112. The number of nitrogens with zero attached hydrogens (tertiary/aromatic N) is 1. The van der Waals surface area contributed by atoms with E-state index >= 15 is 0 Å². The second-order valence-corrected chi connectivity index (χ2v) is 7.04. The summed E-state index contributed by atoms with van der Waals surface area (Å²) < 4.78 is 26.5. The van der Waals surface area contributed by atoms with Crippen LogP contribution in [0.1, 0.15) is 28.8 Å². The van der Waals surface area contributed by atoms with E-state index in [2.05, 4.69) is 10.1 Å². The fraction of sp³-hybridized carbons (Fsp3) is 0.192. The Morgan fingerprint density at radius 1 is 1.03 bits per heavy atom. The molecule has 3 aromatic rings. The molecule has 3 rings (SSSR count). The molecule has 0 spiro atoms. The summed E-state index contributed by atoms with van der Waals surface area (Å²) in [5, 5.41) is 12.2. The highest BCUT2D eigenvalue weighted by Crippen LogP contribution is 2.30. The predicted octanol–water partition coefficient (Wildman–Crippen LogP) is 4.60. The number of ether oxygens (including phenoxy) is 4. The number of benzene rings is 2. The van der Waals surface area contributed by atoms with Crippen molar-refractivity contribution in [3.05, 3.63) is 77.3 Å². The quantitative estimate of drug-likeness (QED) is 0.256. The van der Waals surface area contributed by atoms with Crippen LogP contribution in [0, 0.1) is 11.3 Å². The number of rotatable bonds is 10. The molecule has 0 bridgehead atoms. The van der Waals surface area contributed by atoms with Crippen LogP contribution >= 0.6 is 0 Å². The molecule has 0 saturated carbocycles. The van der Waals surface area contributed by atoms with Gasteiger partial charge in [0.25, 0.3) is 5.91 Å². The van der Waals surface area contributed by atoms with Gasteiger partial charge in [0.05, 0.1) is 20.8 Å². The number of nitrogens with one attached hydrogen (secondary N) is 1. The minimum atomic E-state index is -0.579. The number of hydrogen-bond acceptors (Lipinski definition) is 8. The van der Waals surface area contributed by atoms with Crippen LogP contribution in [0.3, 0.4) is 0 Å². The first-order chi connectivity index (χ1) is 17.0. The number of anilines is 1. The van der Waals surface area contributed by atoms with E-state index in [1.54, 1.807) is 48.5 Å². The highest BCUT2D eigenvalue weighted by molar-refractivity contribution is 6.09. The molecule has 1 aromatic heterocycles. The molecule has 9 heteroatoms. The molecule has 1 N–H and O–H groups in total. The number of carbonyl (C=O) groups excluding carboxylic acids is 2. The van der Waals surface area contributed by atoms with Gasteiger partial charge in [-0.15, -0.1) is 0 Å². The molecule has 0 aliphatic carbocycles. The number of carbonyl (C=O) groups is 2. The summed E-state index contributed by atoms with van der Waals surface area (Å²) in [6, 6.07) is 16.8. The Labute approximate surface area is 202 Å². The summed E-state index contributed by atoms with van der Waals surface area (Å²) in [6.07, 6.45) is 1.45. The summed E-state index contributed by atoms with van der Waals surface area (Å²) in [4.78, 5) is 24.1. The van der Waals surface area contributed by atoms with Gasteiger partial charge in [-0.05, 0) is 67.1 Å². The molecule has 0 aliphatic heterocycles. The average Bonchev–Trinajstić information content (AvgIpc) is 3.36. The van der Waals surface area contributed by atoms with Crippen LogP contribution in [0.4, 0.5) is 5.69 Å². The maximum absolute atomic E-state index is 12.6. The van der Waals surface area contributed by atoms with Crippen LogP contribution in [0.2, 0.25) is 0 Å². The van der Waals surface area contributed by atoms with E-state index in [-0.39, 0.29) is 17.9 Å². The molecule has 0 aliphatic rings. The average molecular weight is 476 g/mol. The summed E-state index contributed by atoms with van der Waals surface area (Å²) in [6.45, 7) is 2.48. The van der Waals surface area contributed by atoms with Gasteiger partial charge < -0.3 is 28.7 Å². The third-order valence-corrected chi connectivity index (χ3v) is 4.71. The first kappa shape index (κ1) is 24.9. The van der Waals surface area contributed by atoms with Gasteiger partial charge in [-0.1, -0.05) is 6.07 Å². The summed E-state index contributed by atoms with van der Waals surface area (Å²) in [5.41, 5.74) is 1.02. The molecule has 2 aromatic carbocycles. The molecule has 1 amide bonds. The van der Waals surface area contributed by atoms with E-state index in [4.69, 9.17) is 18.6 Å². The van der Waals surface area contributed by atoms with Crippen molar-refractivity contribution < 1.29 is 33.0 Å². The van der Waals surface area contributed by atoms with E-state index in [1.165, 1.54) is 26.4 Å². The molecule has 0 radical (unpaired) electrons. The Hall–Kier alpha value is -4.71. The first-order valence-corrected chi connectivity index (χ1v) is 10.6. The van der Waals surface area contributed by atoms with E-state index in [9.17, 15) is 14.9 Å². The highest BCUT2D eigenvalue weighted by atomic mass is 16.5. The molecular formula is C26H24N2O7. The number of hydrogen-bond donors (Lipinski definition) is 1. The lowest BCUT2D eigenvalue weighted by atomic mass is 10.1. The SMILES string of the molecule is CCOc1ccc(NC(=O)/C(C#N)=C\c2ccc(OCc3ccc(C(=O)OC)o3)c(OC)c2)cc1. The molecule has 0 unspecified atom stereocenters. The Morgan fingerprint density at radius 3 is 2.46 bits per heavy atom. The minimum Gasteiger partial charge on any atom is -0.494 e. The lowest BCUT2D eigenvalue weighted by Crippen LogP contribution is -2.13. The molecule has 0 saturated heterocycles. The van der Waals surface area contributed by atoms with E-state index < -0.39 is 11.9 Å². The van der Waals surface area contributed by atoms with Crippen molar-refractivity contribution in [1.29, 1.82) is 5.26 Å². The Balaban J connectivity index is 1.69. The van der Waals surface area contributed by atoms with Crippen molar-refractivity contribution in [2.45, 2.75) is 13.5 Å². The fourth-order valence-electron chi connectivity index (χ4n) is 3.02. The number of esters is 1. The smallest absolute Gasteiger partial charge is 0.373 e. The van der Waals surface area contributed by atoms with Gasteiger partial charge in [-0.2, -0.15) is 5.26 Å². The first-order valence-electron chi connectivity index (χ1n) is 10.6. The van der Waals surface area contributed by atoms with Gasteiger partial charge in [-0.3, -0.25) is 4.79 Å². The number of amides is 1. The number of nitriles is 1. The zero-order valence-electron chi connectivity index (χ0n) is 19.5. The molecule has 35 heavy (non-hydrogen) atoms. The molecule has 1 heterocycles. The van der Waals surface area contributed by atoms with E-state index in [0.29, 0.717) is 40.9 Å². The van der Waals surface area contributed by atoms with Gasteiger partial charge in [0.1, 0.15) is 29.8 Å². The van der Waals surface area contributed by atoms with Crippen LogP contribution in [-0.2, 0) is 16.1 Å². The summed E-state index contributed by atoms with van der Waals surface area (Å²) >= 11 is 0. The van der Waals surface area contributed by atoms with Gasteiger partial charge in [0, 0.05) is 5.69 Å². The number of furan rings is 1. The van der Waals surface area contributed by atoms with E-state index in [1.807, 2.05) is 13.0 Å². The summed E-state index contributed by atoms with van der Waals surface area (Å²) in [7, 11) is 2.74. The largest absolute Gasteiger partial charge is 0.494 e. The van der Waals surface area contributed by atoms with Crippen LogP contribution in [0.5, 0.6) is 17.2 Å². The van der Waals surface area contributed by atoms with Gasteiger partial charge in [-0.25, -0.2) is 4.79 Å².